The largest absolute Gasteiger partial charge is 0.507 e. The fraction of sp³-hybridized carbons (Fsp3) is 0.680. The van der Waals surface area contributed by atoms with E-state index in [-0.39, 0.29) is 18.4 Å². The Morgan fingerprint density at radius 2 is 1.61 bits per heavy atom. The number of amides is 1. The number of carbonyl (C=O) groups excluding carboxylic acids is 2. The van der Waals surface area contributed by atoms with E-state index in [0.717, 1.165) is 55.7 Å². The van der Waals surface area contributed by atoms with Crippen molar-refractivity contribution in [1.82, 2.24) is 14.7 Å². The second kappa shape index (κ2) is 10.5. The van der Waals surface area contributed by atoms with E-state index in [1.165, 1.54) is 0 Å². The maximum atomic E-state index is 13.1. The van der Waals surface area contributed by atoms with Gasteiger partial charge in [0, 0.05) is 58.2 Å². The summed E-state index contributed by atoms with van der Waals surface area (Å²) in [7, 11) is 0. The number of rotatable bonds is 7. The molecule has 2 aliphatic heterocycles. The molecule has 1 N–H and O–H groups in total. The molecular weight excluding hydrogens is 428 g/mol. The maximum absolute atomic E-state index is 13.1. The maximum Gasteiger partial charge on any atom is 0.303 e. The van der Waals surface area contributed by atoms with Crippen molar-refractivity contribution in [3.05, 3.63) is 28.8 Å². The average Bonchev–Trinajstić information content (AvgIpc) is 2.77. The first kappa shape index (κ1) is 25.6. The van der Waals surface area contributed by atoms with E-state index < -0.39 is 11.7 Å². The first-order valence-electron chi connectivity index (χ1n) is 11.9. The van der Waals surface area contributed by atoms with Crippen LogP contribution in [0.15, 0.2) is 12.1 Å². The van der Waals surface area contributed by atoms with Crippen molar-refractivity contribution in [2.75, 3.05) is 45.8 Å². The van der Waals surface area contributed by atoms with Crippen LogP contribution >= 0.6 is 0 Å². The van der Waals surface area contributed by atoms with Crippen LogP contribution in [0.3, 0.4) is 0 Å². The fourth-order valence-corrected chi connectivity index (χ4v) is 5.00. The molecular formula is C25H37F2N3O3. The number of aryl methyl sites for hydroxylation is 2. The quantitative estimate of drug-likeness (QED) is 0.671. The molecule has 1 amide bonds. The molecule has 8 heteroatoms. The third kappa shape index (κ3) is 6.51. The molecule has 0 unspecified atom stereocenters. The normalized spacial score (nSPS) is 20.1. The average molecular weight is 466 g/mol. The number of aromatic hydroxyl groups is 1. The second-order valence-corrected chi connectivity index (χ2v) is 9.86. The van der Waals surface area contributed by atoms with Crippen LogP contribution in [0.25, 0.3) is 0 Å². The zero-order valence-electron chi connectivity index (χ0n) is 20.2. The summed E-state index contributed by atoms with van der Waals surface area (Å²) in [6.07, 6.45) is 2.46. The molecule has 33 heavy (non-hydrogen) atoms. The van der Waals surface area contributed by atoms with Gasteiger partial charge in [0.25, 0.3) is 0 Å². The molecule has 0 spiro atoms. The lowest BCUT2D eigenvalue weighted by molar-refractivity contribution is -0.142. The van der Waals surface area contributed by atoms with E-state index in [4.69, 9.17) is 0 Å². The van der Waals surface area contributed by atoms with Crippen molar-refractivity contribution < 1.29 is 23.5 Å². The highest BCUT2D eigenvalue weighted by molar-refractivity contribution is 5.87. The number of piperidine rings is 1. The first-order valence-corrected chi connectivity index (χ1v) is 11.9. The summed E-state index contributed by atoms with van der Waals surface area (Å²) >= 11 is 0. The molecule has 1 aromatic rings. The summed E-state index contributed by atoms with van der Waals surface area (Å²) in [5, 5.41) is 9.97. The van der Waals surface area contributed by atoms with Gasteiger partial charge in [0.05, 0.1) is 6.54 Å². The van der Waals surface area contributed by atoms with Crippen LogP contribution in [-0.4, -0.2) is 89.3 Å². The van der Waals surface area contributed by atoms with Crippen molar-refractivity contribution in [1.29, 1.82) is 0 Å². The lowest BCUT2D eigenvalue weighted by Gasteiger charge is -2.43. The van der Waals surface area contributed by atoms with Gasteiger partial charge in [-0.05, 0) is 49.8 Å². The Labute approximate surface area is 195 Å². The zero-order chi connectivity index (χ0) is 24.3. The van der Waals surface area contributed by atoms with E-state index in [2.05, 4.69) is 4.90 Å². The van der Waals surface area contributed by atoms with Crippen LogP contribution in [0.5, 0.6) is 5.75 Å². The van der Waals surface area contributed by atoms with Gasteiger partial charge in [-0.15, -0.1) is 0 Å². The van der Waals surface area contributed by atoms with Gasteiger partial charge in [0.2, 0.25) is 11.7 Å². The molecule has 1 atom stereocenters. The van der Waals surface area contributed by atoms with Gasteiger partial charge in [0.1, 0.15) is 5.75 Å². The standard InChI is InChI=1S/C25H37F2N3O3/c1-17-13-20(14-18(2)23(17)32)15-19(3)24(33)30-7-5-21(6-8-30)29-11-9-28(10-12-29)16-22(31)25(4,26)27/h13-14,19,21,32H,5-12,15-16H2,1-4H3/t19-/m1/s1. The highest BCUT2D eigenvalue weighted by Gasteiger charge is 2.35. The highest BCUT2D eigenvalue weighted by atomic mass is 19.3. The van der Waals surface area contributed by atoms with Crippen LogP contribution in [0, 0.1) is 19.8 Å². The lowest BCUT2D eigenvalue weighted by atomic mass is 9.95. The summed E-state index contributed by atoms with van der Waals surface area (Å²) in [6, 6.07) is 4.29. The van der Waals surface area contributed by atoms with Gasteiger partial charge in [-0.1, -0.05) is 19.1 Å². The first-order chi connectivity index (χ1) is 15.5. The predicted octanol–water partition coefficient (Wildman–Crippen LogP) is 3.02. The Bertz CT molecular complexity index is 832. The topological polar surface area (TPSA) is 64.1 Å². The van der Waals surface area contributed by atoms with E-state index in [0.29, 0.717) is 38.2 Å². The monoisotopic (exact) mass is 465 g/mol. The molecule has 0 aromatic heterocycles. The van der Waals surface area contributed by atoms with Crippen LogP contribution in [0.4, 0.5) is 8.78 Å². The smallest absolute Gasteiger partial charge is 0.303 e. The molecule has 3 rings (SSSR count). The summed E-state index contributed by atoms with van der Waals surface area (Å²) in [6.45, 7) is 10.4. The molecule has 0 aliphatic carbocycles. The van der Waals surface area contributed by atoms with Gasteiger partial charge < -0.3 is 10.0 Å². The molecule has 1 aromatic carbocycles. The predicted molar refractivity (Wildman–Crippen MR) is 124 cm³/mol. The summed E-state index contributed by atoms with van der Waals surface area (Å²) in [5.41, 5.74) is 2.73. The third-order valence-electron chi connectivity index (χ3n) is 7.07. The Morgan fingerprint density at radius 1 is 1.06 bits per heavy atom. The van der Waals surface area contributed by atoms with Crippen LogP contribution in [0.2, 0.25) is 0 Å². The molecule has 6 nitrogen and oxygen atoms in total. The third-order valence-corrected chi connectivity index (χ3v) is 7.07. The number of hydrogen-bond donors (Lipinski definition) is 1. The minimum Gasteiger partial charge on any atom is -0.507 e. The Kier molecular flexibility index (Phi) is 8.11. The van der Waals surface area contributed by atoms with Gasteiger partial charge in [-0.2, -0.15) is 8.78 Å². The molecule has 0 bridgehead atoms. The molecule has 184 valence electrons. The lowest BCUT2D eigenvalue weighted by Crippen LogP contribution is -2.55. The molecule has 2 heterocycles. The van der Waals surface area contributed by atoms with E-state index in [1.807, 2.05) is 42.7 Å². The Morgan fingerprint density at radius 3 is 2.12 bits per heavy atom. The van der Waals surface area contributed by atoms with Gasteiger partial charge in [-0.25, -0.2) is 0 Å². The minimum absolute atomic E-state index is 0.123. The van der Waals surface area contributed by atoms with E-state index in [1.54, 1.807) is 0 Å². The van der Waals surface area contributed by atoms with E-state index >= 15 is 0 Å². The number of piperazine rings is 1. The SMILES string of the molecule is Cc1cc(C[C@@H](C)C(=O)N2CCC(N3CCN(CC(=O)C(C)(F)F)CC3)CC2)cc(C)c1O. The van der Waals surface area contributed by atoms with Crippen molar-refractivity contribution >= 4 is 11.7 Å². The van der Waals surface area contributed by atoms with Gasteiger partial charge in [0.15, 0.2) is 0 Å². The van der Waals surface area contributed by atoms with Crippen LogP contribution in [0.1, 0.15) is 43.4 Å². The highest BCUT2D eigenvalue weighted by Crippen LogP contribution is 2.26. The number of nitrogens with zero attached hydrogens (tertiary/aromatic N) is 3. The second-order valence-electron chi connectivity index (χ2n) is 9.86. The Balaban J connectivity index is 1.44. The fourth-order valence-electron chi connectivity index (χ4n) is 5.00. The number of ketones is 1. The van der Waals surface area contributed by atoms with Crippen LogP contribution in [-0.2, 0) is 16.0 Å². The van der Waals surface area contributed by atoms with Gasteiger partial charge in [-0.3, -0.25) is 19.4 Å². The number of phenols is 1. The summed E-state index contributed by atoms with van der Waals surface area (Å²) in [4.78, 5) is 30.7. The number of phenolic OH excluding ortho intramolecular Hbond substituents is 1. The number of carbonyl (C=O) groups is 2. The molecule has 2 aliphatic rings. The van der Waals surface area contributed by atoms with Crippen LogP contribution < -0.4 is 0 Å². The number of likely N-dealkylation sites (tertiary alicyclic amines) is 1. The van der Waals surface area contributed by atoms with E-state index in [9.17, 15) is 23.5 Å². The number of alkyl halides is 2. The summed E-state index contributed by atoms with van der Waals surface area (Å²) < 4.78 is 26.3. The number of hydrogen-bond acceptors (Lipinski definition) is 5. The Hall–Kier alpha value is -2.06. The molecule has 0 saturated carbocycles. The number of Topliss-reactive ketones (excluding diaryl/α,β-unsaturated/α-hetero) is 1. The van der Waals surface area contributed by atoms with Gasteiger partial charge >= 0.3 is 5.92 Å². The van der Waals surface area contributed by atoms with Crippen molar-refractivity contribution in [3.8, 4) is 5.75 Å². The molecule has 2 saturated heterocycles. The number of halogens is 2. The molecule has 0 radical (unpaired) electrons. The number of benzene rings is 1. The summed E-state index contributed by atoms with van der Waals surface area (Å²) in [5.74, 6) is -3.93. The zero-order valence-corrected chi connectivity index (χ0v) is 20.2. The van der Waals surface area contributed by atoms with Crippen molar-refractivity contribution in [2.24, 2.45) is 5.92 Å². The minimum atomic E-state index is -3.27. The molecule has 2 fully saturated rings. The van der Waals surface area contributed by atoms with Crippen molar-refractivity contribution in [2.45, 2.75) is 58.9 Å². The van der Waals surface area contributed by atoms with Crippen molar-refractivity contribution in [3.63, 3.8) is 0 Å².